The Morgan fingerprint density at radius 3 is 2.27 bits per heavy atom. The highest BCUT2D eigenvalue weighted by Gasteiger charge is 2.18. The van der Waals surface area contributed by atoms with E-state index in [4.69, 9.17) is 0 Å². The summed E-state index contributed by atoms with van der Waals surface area (Å²) in [6.07, 6.45) is 0. The molecule has 1 N–H and O–H groups in total. The van der Waals surface area contributed by atoms with Crippen molar-refractivity contribution in [2.24, 2.45) is 0 Å². The van der Waals surface area contributed by atoms with Crippen LogP contribution in [-0.2, 0) is 14.3 Å². The summed E-state index contributed by atoms with van der Waals surface area (Å²) in [5.74, 6) is -0.984. The predicted octanol–water partition coefficient (Wildman–Crippen LogP) is 3.08. The van der Waals surface area contributed by atoms with E-state index in [0.717, 1.165) is 11.1 Å². The topological polar surface area (TPSA) is 75.7 Å². The summed E-state index contributed by atoms with van der Waals surface area (Å²) in [5.41, 5.74) is 3.65. The first kappa shape index (κ1) is 19.2. The van der Waals surface area contributed by atoms with E-state index in [1.165, 1.54) is 18.9 Å². The van der Waals surface area contributed by atoms with E-state index in [0.29, 0.717) is 16.9 Å². The van der Waals surface area contributed by atoms with Crippen molar-refractivity contribution >= 4 is 29.2 Å². The summed E-state index contributed by atoms with van der Waals surface area (Å²) in [7, 11) is 1.31. The Kier molecular flexibility index (Phi) is 6.11. The molecule has 0 spiro atoms. The van der Waals surface area contributed by atoms with Crippen LogP contribution in [0.3, 0.4) is 0 Å². The minimum Gasteiger partial charge on any atom is -0.465 e. The molecule has 0 aliphatic heterocycles. The number of benzene rings is 2. The fraction of sp³-hybridized carbons (Fsp3) is 0.250. The summed E-state index contributed by atoms with van der Waals surface area (Å²) in [5, 5.41) is 2.73. The van der Waals surface area contributed by atoms with Gasteiger partial charge >= 0.3 is 5.97 Å². The number of methoxy groups -OCH3 is 1. The molecule has 2 amide bonds. The van der Waals surface area contributed by atoms with Crippen LogP contribution in [0.1, 0.15) is 28.4 Å². The zero-order valence-electron chi connectivity index (χ0n) is 15.3. The Morgan fingerprint density at radius 1 is 1.04 bits per heavy atom. The molecule has 136 valence electrons. The van der Waals surface area contributed by atoms with Gasteiger partial charge in [-0.3, -0.25) is 9.59 Å². The monoisotopic (exact) mass is 354 g/mol. The Balaban J connectivity index is 2.12. The molecule has 6 nitrogen and oxygen atoms in total. The molecule has 0 fully saturated rings. The SMILES string of the molecule is COC(=O)c1ccc(NC(=O)CN(C(C)=O)c2cccc(C)c2C)cc1. The van der Waals surface area contributed by atoms with Gasteiger partial charge in [0.2, 0.25) is 11.8 Å². The largest absolute Gasteiger partial charge is 0.465 e. The second kappa shape index (κ2) is 8.29. The third-order valence-corrected chi connectivity index (χ3v) is 4.14. The molecule has 6 heteroatoms. The van der Waals surface area contributed by atoms with Gasteiger partial charge in [-0.25, -0.2) is 4.79 Å². The van der Waals surface area contributed by atoms with Crippen molar-refractivity contribution in [1.29, 1.82) is 0 Å². The molecule has 0 aliphatic rings. The number of hydrogen-bond donors (Lipinski definition) is 1. The van der Waals surface area contributed by atoms with Gasteiger partial charge < -0.3 is 15.0 Å². The highest BCUT2D eigenvalue weighted by Crippen LogP contribution is 2.23. The number of amides is 2. The number of carbonyl (C=O) groups is 3. The van der Waals surface area contributed by atoms with Crippen molar-refractivity contribution in [1.82, 2.24) is 0 Å². The molecule has 0 aliphatic carbocycles. The molecule has 0 aromatic heterocycles. The highest BCUT2D eigenvalue weighted by molar-refractivity contribution is 6.02. The molecule has 0 radical (unpaired) electrons. The van der Waals surface area contributed by atoms with Gasteiger partial charge in [0.15, 0.2) is 0 Å². The molecule has 0 bridgehead atoms. The maximum absolute atomic E-state index is 12.4. The van der Waals surface area contributed by atoms with Gasteiger partial charge in [-0.2, -0.15) is 0 Å². The van der Waals surface area contributed by atoms with Crippen LogP contribution in [0.2, 0.25) is 0 Å². The number of aryl methyl sites for hydroxylation is 1. The van der Waals surface area contributed by atoms with Crippen molar-refractivity contribution in [2.75, 3.05) is 23.9 Å². The van der Waals surface area contributed by atoms with Gasteiger partial charge in [0.05, 0.1) is 12.7 Å². The third-order valence-electron chi connectivity index (χ3n) is 4.14. The number of anilines is 2. The number of nitrogens with zero attached hydrogens (tertiary/aromatic N) is 1. The van der Waals surface area contributed by atoms with Gasteiger partial charge in [0.25, 0.3) is 0 Å². The van der Waals surface area contributed by atoms with E-state index in [1.54, 1.807) is 24.3 Å². The van der Waals surface area contributed by atoms with Crippen LogP contribution >= 0.6 is 0 Å². The Bertz CT molecular complexity index is 828. The highest BCUT2D eigenvalue weighted by atomic mass is 16.5. The summed E-state index contributed by atoms with van der Waals surface area (Å²) in [4.78, 5) is 37.3. The van der Waals surface area contributed by atoms with Crippen molar-refractivity contribution in [3.8, 4) is 0 Å². The zero-order valence-corrected chi connectivity index (χ0v) is 15.3. The molecule has 0 heterocycles. The van der Waals surface area contributed by atoms with Crippen molar-refractivity contribution in [2.45, 2.75) is 20.8 Å². The maximum Gasteiger partial charge on any atom is 0.337 e. The lowest BCUT2D eigenvalue weighted by atomic mass is 10.1. The third kappa shape index (κ3) is 4.47. The van der Waals surface area contributed by atoms with Gasteiger partial charge in [0.1, 0.15) is 6.54 Å². The Hall–Kier alpha value is -3.15. The first-order valence-electron chi connectivity index (χ1n) is 8.16. The van der Waals surface area contributed by atoms with Gasteiger partial charge in [-0.05, 0) is 55.3 Å². The van der Waals surface area contributed by atoms with Gasteiger partial charge in [0, 0.05) is 18.3 Å². The van der Waals surface area contributed by atoms with E-state index >= 15 is 0 Å². The normalized spacial score (nSPS) is 10.2. The van der Waals surface area contributed by atoms with E-state index in [2.05, 4.69) is 10.1 Å². The number of carbonyl (C=O) groups excluding carboxylic acids is 3. The van der Waals surface area contributed by atoms with Crippen LogP contribution in [0.25, 0.3) is 0 Å². The van der Waals surface area contributed by atoms with Gasteiger partial charge in [-0.1, -0.05) is 12.1 Å². The van der Waals surface area contributed by atoms with E-state index in [9.17, 15) is 14.4 Å². The molecule has 0 atom stereocenters. The van der Waals surface area contributed by atoms with Crippen LogP contribution < -0.4 is 10.2 Å². The second-order valence-electron chi connectivity index (χ2n) is 5.94. The lowest BCUT2D eigenvalue weighted by Crippen LogP contribution is -2.37. The smallest absolute Gasteiger partial charge is 0.337 e. The predicted molar refractivity (Wildman–Crippen MR) is 100 cm³/mol. The van der Waals surface area contributed by atoms with Gasteiger partial charge in [-0.15, -0.1) is 0 Å². The fourth-order valence-electron chi connectivity index (χ4n) is 2.55. The number of hydrogen-bond acceptors (Lipinski definition) is 4. The number of rotatable bonds is 5. The summed E-state index contributed by atoms with van der Waals surface area (Å²) in [6, 6.07) is 12.0. The number of ether oxygens (including phenoxy) is 1. The fourth-order valence-corrected chi connectivity index (χ4v) is 2.55. The van der Waals surface area contributed by atoms with Crippen molar-refractivity contribution in [3.05, 3.63) is 59.2 Å². The van der Waals surface area contributed by atoms with Crippen LogP contribution in [0.15, 0.2) is 42.5 Å². The molecule has 26 heavy (non-hydrogen) atoms. The van der Waals surface area contributed by atoms with Crippen LogP contribution in [-0.4, -0.2) is 31.4 Å². The summed E-state index contributed by atoms with van der Waals surface area (Å²) < 4.78 is 4.64. The van der Waals surface area contributed by atoms with Crippen molar-refractivity contribution < 1.29 is 19.1 Å². The summed E-state index contributed by atoms with van der Waals surface area (Å²) in [6.45, 7) is 5.21. The van der Waals surface area contributed by atoms with E-state index in [1.807, 2.05) is 32.0 Å². The zero-order chi connectivity index (χ0) is 19.3. The molecular formula is C20H22N2O4. The molecule has 0 saturated heterocycles. The molecule has 0 unspecified atom stereocenters. The molecule has 2 aromatic carbocycles. The van der Waals surface area contributed by atoms with Crippen LogP contribution in [0.5, 0.6) is 0 Å². The van der Waals surface area contributed by atoms with Crippen LogP contribution in [0, 0.1) is 13.8 Å². The van der Waals surface area contributed by atoms with E-state index < -0.39 is 5.97 Å². The Morgan fingerprint density at radius 2 is 1.69 bits per heavy atom. The molecule has 0 saturated carbocycles. The second-order valence-corrected chi connectivity index (χ2v) is 5.94. The standard InChI is InChI=1S/C20H22N2O4/c1-13-6-5-7-18(14(13)2)22(15(3)23)12-19(24)21-17-10-8-16(9-11-17)20(25)26-4/h5-11H,12H2,1-4H3,(H,21,24). The molecule has 2 rings (SSSR count). The average molecular weight is 354 g/mol. The lowest BCUT2D eigenvalue weighted by Gasteiger charge is -2.23. The number of nitrogens with one attached hydrogen (secondary N) is 1. The first-order valence-corrected chi connectivity index (χ1v) is 8.16. The van der Waals surface area contributed by atoms with Crippen molar-refractivity contribution in [3.63, 3.8) is 0 Å². The maximum atomic E-state index is 12.4. The summed E-state index contributed by atoms with van der Waals surface area (Å²) >= 11 is 0. The minimum absolute atomic E-state index is 0.0988. The minimum atomic E-state index is -0.444. The Labute approximate surface area is 152 Å². The lowest BCUT2D eigenvalue weighted by molar-refractivity contribution is -0.120. The molecular weight excluding hydrogens is 332 g/mol. The average Bonchev–Trinajstić information content (AvgIpc) is 2.62. The number of esters is 1. The quantitative estimate of drug-likeness (QED) is 0.837. The first-order chi connectivity index (χ1) is 12.3. The molecule has 2 aromatic rings. The van der Waals surface area contributed by atoms with E-state index in [-0.39, 0.29) is 18.4 Å². The van der Waals surface area contributed by atoms with Crippen LogP contribution in [0.4, 0.5) is 11.4 Å².